The molecule has 0 amide bonds. The van der Waals surface area contributed by atoms with Gasteiger partial charge in [-0.25, -0.2) is 18.4 Å². The molecule has 0 radical (unpaired) electrons. The lowest BCUT2D eigenvalue weighted by atomic mass is 10.0. The number of halogens is 1. The van der Waals surface area contributed by atoms with E-state index in [1.807, 2.05) is 0 Å². The summed E-state index contributed by atoms with van der Waals surface area (Å²) in [5.41, 5.74) is 0. The molecule has 0 spiro atoms. The Hall–Kier alpha value is -0.920. The first-order valence-corrected chi connectivity index (χ1v) is 9.40. The first-order chi connectivity index (χ1) is 10.0. The highest BCUT2D eigenvalue weighted by molar-refractivity contribution is 7.91. The van der Waals surface area contributed by atoms with E-state index in [-0.39, 0.29) is 0 Å². The average Bonchev–Trinajstić information content (AvgIpc) is 2.48. The van der Waals surface area contributed by atoms with Crippen LogP contribution >= 0.6 is 11.6 Å². The van der Waals surface area contributed by atoms with Crippen LogP contribution in [0.15, 0.2) is 12.4 Å². The van der Waals surface area contributed by atoms with E-state index >= 15 is 0 Å². The van der Waals surface area contributed by atoms with Crippen LogP contribution in [0.5, 0.6) is 0 Å². The highest BCUT2D eigenvalue weighted by Gasteiger charge is 2.30. The zero-order valence-corrected chi connectivity index (χ0v) is 13.4. The van der Waals surface area contributed by atoms with Crippen molar-refractivity contribution in [3.05, 3.63) is 17.4 Å². The van der Waals surface area contributed by atoms with Crippen LogP contribution in [0, 0.1) is 0 Å². The predicted molar refractivity (Wildman–Crippen MR) is 82.5 cm³/mol. The third-order valence-electron chi connectivity index (χ3n) is 4.25. The lowest BCUT2D eigenvalue weighted by molar-refractivity contribution is 0.182. The predicted octanol–water partition coefficient (Wildman–Crippen LogP) is 0.829. The summed E-state index contributed by atoms with van der Waals surface area (Å²) in [6.07, 6.45) is 5.27. The van der Waals surface area contributed by atoms with Crippen molar-refractivity contribution in [1.82, 2.24) is 14.9 Å². The third kappa shape index (κ3) is 3.64. The molecule has 0 bridgehead atoms. The van der Waals surface area contributed by atoms with Gasteiger partial charge in [-0.15, -0.1) is 0 Å². The van der Waals surface area contributed by atoms with Crippen molar-refractivity contribution in [3.8, 4) is 0 Å². The standard InChI is InChI=1S/C13H19ClN4O2S/c14-11-9-15-13(16-10-11)18-3-1-12(2-4-18)17-5-7-21(19,20)8-6-17/h9-10,12H,1-8H2. The topological polar surface area (TPSA) is 66.4 Å². The number of hydrogen-bond acceptors (Lipinski definition) is 6. The van der Waals surface area contributed by atoms with E-state index in [1.54, 1.807) is 12.4 Å². The van der Waals surface area contributed by atoms with Gasteiger partial charge in [-0.1, -0.05) is 11.6 Å². The van der Waals surface area contributed by atoms with Gasteiger partial charge in [0.25, 0.3) is 0 Å². The van der Waals surface area contributed by atoms with Crippen LogP contribution in [0.4, 0.5) is 5.95 Å². The van der Waals surface area contributed by atoms with Crippen molar-refractivity contribution >= 4 is 27.4 Å². The number of sulfone groups is 1. The molecular formula is C13H19ClN4O2S. The molecule has 3 rings (SSSR count). The summed E-state index contributed by atoms with van der Waals surface area (Å²) >= 11 is 5.80. The fraction of sp³-hybridized carbons (Fsp3) is 0.692. The molecule has 2 fully saturated rings. The van der Waals surface area contributed by atoms with E-state index in [0.717, 1.165) is 31.9 Å². The molecule has 1 aromatic heterocycles. The first kappa shape index (κ1) is 15.0. The second-order valence-corrected chi connectivity index (χ2v) is 8.35. The maximum atomic E-state index is 11.5. The lowest BCUT2D eigenvalue weighted by Crippen LogP contribution is -2.50. The largest absolute Gasteiger partial charge is 0.341 e. The van der Waals surface area contributed by atoms with E-state index in [9.17, 15) is 8.42 Å². The zero-order chi connectivity index (χ0) is 14.9. The van der Waals surface area contributed by atoms with E-state index in [0.29, 0.717) is 35.7 Å². The molecule has 0 aliphatic carbocycles. The van der Waals surface area contributed by atoms with Gasteiger partial charge in [-0.2, -0.15) is 0 Å². The molecule has 2 aliphatic heterocycles. The van der Waals surface area contributed by atoms with E-state index in [2.05, 4.69) is 19.8 Å². The van der Waals surface area contributed by atoms with Crippen LogP contribution in [-0.4, -0.2) is 67.0 Å². The molecule has 0 atom stereocenters. The van der Waals surface area contributed by atoms with Crippen molar-refractivity contribution in [3.63, 3.8) is 0 Å². The SMILES string of the molecule is O=S1(=O)CCN(C2CCN(c3ncc(Cl)cn3)CC2)CC1. The summed E-state index contributed by atoms with van der Waals surface area (Å²) in [5.74, 6) is 1.32. The molecule has 21 heavy (non-hydrogen) atoms. The highest BCUT2D eigenvalue weighted by Crippen LogP contribution is 2.21. The monoisotopic (exact) mass is 330 g/mol. The normalized spacial score (nSPS) is 24.1. The number of rotatable bonds is 2. The zero-order valence-electron chi connectivity index (χ0n) is 11.8. The molecule has 8 heteroatoms. The van der Waals surface area contributed by atoms with Crippen LogP contribution in [0.1, 0.15) is 12.8 Å². The Morgan fingerprint density at radius 1 is 1.05 bits per heavy atom. The summed E-state index contributed by atoms with van der Waals surface area (Å²) in [4.78, 5) is 13.0. The molecule has 0 N–H and O–H groups in total. The van der Waals surface area contributed by atoms with Crippen molar-refractivity contribution < 1.29 is 8.42 Å². The summed E-state index contributed by atoms with van der Waals surface area (Å²) in [6, 6.07) is 0.476. The third-order valence-corrected chi connectivity index (χ3v) is 6.05. The van der Waals surface area contributed by atoms with Crippen LogP contribution < -0.4 is 4.90 Å². The van der Waals surface area contributed by atoms with Gasteiger partial charge in [0.2, 0.25) is 5.95 Å². The Morgan fingerprint density at radius 2 is 1.62 bits per heavy atom. The van der Waals surface area contributed by atoms with E-state index < -0.39 is 9.84 Å². The van der Waals surface area contributed by atoms with Gasteiger partial charge in [0.15, 0.2) is 9.84 Å². The minimum absolute atomic E-state index is 0.299. The Morgan fingerprint density at radius 3 is 2.19 bits per heavy atom. The Bertz CT molecular complexity index is 571. The second-order valence-electron chi connectivity index (χ2n) is 5.61. The molecule has 0 unspecified atom stereocenters. The highest BCUT2D eigenvalue weighted by atomic mass is 35.5. The van der Waals surface area contributed by atoms with Gasteiger partial charge in [-0.05, 0) is 12.8 Å². The summed E-state index contributed by atoms with van der Waals surface area (Å²) in [5, 5.41) is 0.545. The van der Waals surface area contributed by atoms with Gasteiger partial charge in [0, 0.05) is 32.2 Å². The van der Waals surface area contributed by atoms with Gasteiger partial charge in [-0.3, -0.25) is 4.90 Å². The molecule has 116 valence electrons. The van der Waals surface area contributed by atoms with Crippen LogP contribution in [-0.2, 0) is 9.84 Å². The number of aromatic nitrogens is 2. The number of piperidine rings is 1. The van der Waals surface area contributed by atoms with Crippen molar-refractivity contribution in [2.24, 2.45) is 0 Å². The van der Waals surface area contributed by atoms with Gasteiger partial charge < -0.3 is 4.90 Å². The second kappa shape index (κ2) is 6.06. The fourth-order valence-electron chi connectivity index (χ4n) is 2.99. The lowest BCUT2D eigenvalue weighted by Gasteiger charge is -2.40. The van der Waals surface area contributed by atoms with Crippen molar-refractivity contribution in [2.45, 2.75) is 18.9 Å². The maximum Gasteiger partial charge on any atom is 0.225 e. The Kier molecular flexibility index (Phi) is 4.33. The molecule has 3 heterocycles. The maximum absolute atomic E-state index is 11.5. The summed E-state index contributed by atoms with van der Waals surface area (Å²) in [7, 11) is -2.80. The van der Waals surface area contributed by atoms with Crippen LogP contribution in [0.2, 0.25) is 5.02 Å². The van der Waals surface area contributed by atoms with Crippen molar-refractivity contribution in [2.75, 3.05) is 42.6 Å². The number of hydrogen-bond donors (Lipinski definition) is 0. The molecule has 0 saturated carbocycles. The van der Waals surface area contributed by atoms with Gasteiger partial charge in [0.05, 0.1) is 28.9 Å². The quantitative estimate of drug-likeness (QED) is 0.800. The molecule has 1 aromatic rings. The van der Waals surface area contributed by atoms with E-state index in [1.165, 1.54) is 0 Å². The van der Waals surface area contributed by atoms with Crippen LogP contribution in [0.25, 0.3) is 0 Å². The van der Waals surface area contributed by atoms with E-state index in [4.69, 9.17) is 11.6 Å². The van der Waals surface area contributed by atoms with Crippen LogP contribution in [0.3, 0.4) is 0 Å². The molecule has 6 nitrogen and oxygen atoms in total. The first-order valence-electron chi connectivity index (χ1n) is 7.20. The molecule has 2 aliphatic rings. The molecular weight excluding hydrogens is 312 g/mol. The smallest absolute Gasteiger partial charge is 0.225 e. The summed E-state index contributed by atoms with van der Waals surface area (Å²) in [6.45, 7) is 3.14. The Balaban J connectivity index is 1.54. The molecule has 0 aromatic carbocycles. The number of nitrogens with zero attached hydrogens (tertiary/aromatic N) is 4. The Labute approximate surface area is 130 Å². The average molecular weight is 331 g/mol. The van der Waals surface area contributed by atoms with Gasteiger partial charge >= 0.3 is 0 Å². The van der Waals surface area contributed by atoms with Crippen molar-refractivity contribution in [1.29, 1.82) is 0 Å². The molecule has 2 saturated heterocycles. The minimum atomic E-state index is -2.80. The minimum Gasteiger partial charge on any atom is -0.341 e. The summed E-state index contributed by atoms with van der Waals surface area (Å²) < 4.78 is 23.0. The van der Waals surface area contributed by atoms with Gasteiger partial charge in [0.1, 0.15) is 0 Å². The number of anilines is 1. The fourth-order valence-corrected chi connectivity index (χ4v) is 4.32.